The Bertz CT molecular complexity index is 758. The summed E-state index contributed by atoms with van der Waals surface area (Å²) in [5.41, 5.74) is 0.972. The van der Waals surface area contributed by atoms with Crippen molar-refractivity contribution in [2.24, 2.45) is 5.92 Å². The smallest absolute Gasteiger partial charge is 0.272 e. The average Bonchev–Trinajstić information content (AvgIpc) is 2.81. The second kappa shape index (κ2) is 3.19. The molecule has 2 heterocycles. The lowest BCUT2D eigenvalue weighted by Gasteiger charge is -2.14. The van der Waals surface area contributed by atoms with Crippen LogP contribution in [0.25, 0.3) is 11.6 Å². The number of H-pyrrole nitrogens is 1. The van der Waals surface area contributed by atoms with E-state index in [1.54, 1.807) is 34.9 Å². The maximum Gasteiger partial charge on any atom is 0.272 e. The number of aromatic nitrogens is 2. The van der Waals surface area contributed by atoms with Crippen LogP contribution in [-0.4, -0.2) is 15.2 Å². The maximum atomic E-state index is 11.9. The van der Waals surface area contributed by atoms with Gasteiger partial charge < -0.3 is 9.38 Å². The Hall–Kier alpha value is -2.61. The number of carbonyl (C=O) groups is 1. The van der Waals surface area contributed by atoms with E-state index in [0.29, 0.717) is 11.2 Å². The van der Waals surface area contributed by atoms with Gasteiger partial charge in [-0.2, -0.15) is 5.26 Å². The zero-order valence-corrected chi connectivity index (χ0v) is 8.68. The molecule has 1 aliphatic carbocycles. The zero-order valence-electron chi connectivity index (χ0n) is 8.68. The second-order valence-corrected chi connectivity index (χ2v) is 3.81. The van der Waals surface area contributed by atoms with Crippen LogP contribution in [0.1, 0.15) is 16.2 Å². The van der Waals surface area contributed by atoms with Crippen LogP contribution < -0.4 is 5.56 Å². The summed E-state index contributed by atoms with van der Waals surface area (Å²) in [5.74, 6) is -1.18. The molecule has 0 saturated carbocycles. The molecule has 0 spiro atoms. The Balaban J connectivity index is 2.42. The number of aromatic amines is 1. The van der Waals surface area contributed by atoms with E-state index in [1.165, 1.54) is 0 Å². The van der Waals surface area contributed by atoms with E-state index >= 15 is 0 Å². The Morgan fingerprint density at radius 3 is 3.00 bits per heavy atom. The summed E-state index contributed by atoms with van der Waals surface area (Å²) in [5, 5.41) is 8.81. The maximum absolute atomic E-state index is 11.9. The molecule has 2 aromatic heterocycles. The summed E-state index contributed by atoms with van der Waals surface area (Å²) in [6, 6.07) is 5.30. The van der Waals surface area contributed by atoms with Crippen LogP contribution in [0.4, 0.5) is 0 Å². The van der Waals surface area contributed by atoms with Gasteiger partial charge >= 0.3 is 0 Å². The molecule has 1 unspecified atom stereocenters. The van der Waals surface area contributed by atoms with Crippen molar-refractivity contribution in [1.82, 2.24) is 9.38 Å². The number of hydrogen-bond acceptors (Lipinski definition) is 3. The van der Waals surface area contributed by atoms with Crippen LogP contribution in [0.3, 0.4) is 0 Å². The number of nitrogens with zero attached hydrogens (tertiary/aromatic N) is 2. The van der Waals surface area contributed by atoms with Gasteiger partial charge in [0.25, 0.3) is 5.56 Å². The largest absolute Gasteiger partial charge is 0.316 e. The molecule has 0 aliphatic heterocycles. The molecular weight excluding hydrogens is 218 g/mol. The number of carbonyl (C=O) groups excluding carboxylic acids is 1. The number of ketones is 1. The van der Waals surface area contributed by atoms with Gasteiger partial charge in [0.05, 0.1) is 11.8 Å². The van der Waals surface area contributed by atoms with Crippen molar-refractivity contribution in [3.05, 3.63) is 46.1 Å². The van der Waals surface area contributed by atoms with Crippen LogP contribution in [0.2, 0.25) is 0 Å². The highest BCUT2D eigenvalue weighted by Gasteiger charge is 2.26. The summed E-state index contributed by atoms with van der Waals surface area (Å²) < 4.78 is 1.65. The van der Waals surface area contributed by atoms with Gasteiger partial charge in [0.2, 0.25) is 5.78 Å². The third kappa shape index (κ3) is 1.18. The van der Waals surface area contributed by atoms with Crippen LogP contribution in [0, 0.1) is 17.2 Å². The van der Waals surface area contributed by atoms with E-state index in [2.05, 4.69) is 4.98 Å². The number of hydrogen-bond donors (Lipinski definition) is 1. The summed E-state index contributed by atoms with van der Waals surface area (Å²) in [6.07, 6.45) is 4.95. The van der Waals surface area contributed by atoms with Gasteiger partial charge in [-0.1, -0.05) is 6.08 Å². The van der Waals surface area contributed by atoms with Crippen molar-refractivity contribution in [3.63, 3.8) is 0 Å². The highest BCUT2D eigenvalue weighted by Crippen LogP contribution is 2.20. The summed E-state index contributed by atoms with van der Waals surface area (Å²) in [6.45, 7) is 0. The quantitative estimate of drug-likeness (QED) is 0.725. The molecule has 1 atom stereocenters. The van der Waals surface area contributed by atoms with Crippen molar-refractivity contribution in [3.8, 4) is 6.07 Å². The lowest BCUT2D eigenvalue weighted by molar-refractivity contribution is 0.0960. The third-order valence-corrected chi connectivity index (χ3v) is 2.85. The molecule has 82 valence electrons. The summed E-state index contributed by atoms with van der Waals surface area (Å²) in [4.78, 5) is 26.2. The van der Waals surface area contributed by atoms with Gasteiger partial charge in [0, 0.05) is 6.20 Å². The van der Waals surface area contributed by atoms with Crippen LogP contribution in [0.15, 0.2) is 29.2 Å². The number of allylic oxidation sites excluding steroid dienone is 1. The number of rotatable bonds is 0. The predicted molar refractivity (Wildman–Crippen MR) is 60.5 cm³/mol. The van der Waals surface area contributed by atoms with Gasteiger partial charge in [-0.05, 0) is 18.2 Å². The SMILES string of the molecule is N#CC1C=Cc2c([nH]c(=O)c3cccn23)C1=O. The summed E-state index contributed by atoms with van der Waals surface area (Å²) in [7, 11) is 0. The van der Waals surface area contributed by atoms with Crippen molar-refractivity contribution < 1.29 is 4.79 Å². The van der Waals surface area contributed by atoms with E-state index in [4.69, 9.17) is 5.26 Å². The molecule has 17 heavy (non-hydrogen) atoms. The zero-order chi connectivity index (χ0) is 12.0. The molecule has 0 amide bonds. The van der Waals surface area contributed by atoms with Crippen LogP contribution in [-0.2, 0) is 0 Å². The molecule has 0 radical (unpaired) electrons. The molecule has 1 aliphatic rings. The fourth-order valence-electron chi connectivity index (χ4n) is 2.02. The monoisotopic (exact) mass is 225 g/mol. The molecule has 0 aromatic carbocycles. The van der Waals surface area contributed by atoms with Crippen molar-refractivity contribution in [2.75, 3.05) is 0 Å². The number of nitrogens with one attached hydrogen (secondary N) is 1. The van der Waals surface area contributed by atoms with E-state index < -0.39 is 5.92 Å². The molecule has 3 rings (SSSR count). The first-order chi connectivity index (χ1) is 8.22. The van der Waals surface area contributed by atoms with Gasteiger partial charge in [-0.25, -0.2) is 0 Å². The van der Waals surface area contributed by atoms with Crippen molar-refractivity contribution in [2.45, 2.75) is 0 Å². The third-order valence-electron chi connectivity index (χ3n) is 2.85. The van der Waals surface area contributed by atoms with E-state index in [-0.39, 0.29) is 17.0 Å². The molecule has 5 heteroatoms. The van der Waals surface area contributed by atoms with Gasteiger partial charge in [0.15, 0.2) is 0 Å². The number of fused-ring (bicyclic) bond motifs is 3. The molecule has 5 nitrogen and oxygen atoms in total. The van der Waals surface area contributed by atoms with Crippen molar-refractivity contribution >= 4 is 17.4 Å². The van der Waals surface area contributed by atoms with Crippen molar-refractivity contribution in [1.29, 1.82) is 5.26 Å². The topological polar surface area (TPSA) is 78.1 Å². The van der Waals surface area contributed by atoms with E-state index in [0.717, 1.165) is 0 Å². The molecule has 0 fully saturated rings. The fraction of sp³-hybridized carbons (Fsp3) is 0.0833. The Kier molecular flexibility index (Phi) is 1.80. The first-order valence-electron chi connectivity index (χ1n) is 5.08. The minimum absolute atomic E-state index is 0.202. The molecule has 0 bridgehead atoms. The Morgan fingerprint density at radius 2 is 2.24 bits per heavy atom. The first-order valence-corrected chi connectivity index (χ1v) is 5.08. The Labute approximate surface area is 95.6 Å². The average molecular weight is 225 g/mol. The van der Waals surface area contributed by atoms with E-state index in [9.17, 15) is 9.59 Å². The predicted octanol–water partition coefficient (Wildman–Crippen LogP) is 0.977. The second-order valence-electron chi connectivity index (χ2n) is 3.81. The van der Waals surface area contributed by atoms with Gasteiger partial charge in [-0.3, -0.25) is 9.59 Å². The van der Waals surface area contributed by atoms with Gasteiger partial charge in [-0.15, -0.1) is 0 Å². The van der Waals surface area contributed by atoms with Crippen LogP contribution >= 0.6 is 0 Å². The van der Waals surface area contributed by atoms with E-state index in [1.807, 2.05) is 6.07 Å². The lowest BCUT2D eigenvalue weighted by atomic mass is 9.95. The molecular formula is C12H7N3O2. The Morgan fingerprint density at radius 1 is 1.41 bits per heavy atom. The van der Waals surface area contributed by atoms with Crippen LogP contribution in [0.5, 0.6) is 0 Å². The molecule has 1 N–H and O–H groups in total. The minimum Gasteiger partial charge on any atom is -0.316 e. The fourth-order valence-corrected chi connectivity index (χ4v) is 2.02. The molecule has 2 aromatic rings. The highest BCUT2D eigenvalue weighted by atomic mass is 16.1. The molecule has 0 saturated heterocycles. The standard InChI is InChI=1S/C12H7N3O2/c13-6-7-3-4-8-10(11(7)16)14-12(17)9-2-1-5-15(8)9/h1-5,7H,(H,14,17). The normalized spacial score (nSPS) is 18.1. The van der Waals surface area contributed by atoms with Gasteiger partial charge in [0.1, 0.15) is 17.1 Å². The lowest BCUT2D eigenvalue weighted by Crippen LogP contribution is -2.24. The minimum atomic E-state index is -0.814. The number of Topliss-reactive ketones (excluding diaryl/α,β-unsaturated/α-hetero) is 1. The summed E-state index contributed by atoms with van der Waals surface area (Å²) >= 11 is 0. The first kappa shape index (κ1) is 9.60. The number of nitriles is 1. The highest BCUT2D eigenvalue weighted by molar-refractivity contribution is 6.04.